The van der Waals surface area contributed by atoms with E-state index < -0.39 is 11.9 Å². The van der Waals surface area contributed by atoms with Gasteiger partial charge < -0.3 is 10.2 Å². The number of rotatable bonds is 4. The van der Waals surface area contributed by atoms with E-state index in [4.69, 9.17) is 5.11 Å². The number of carboxylic acid groups (broad SMARTS) is 1. The maximum absolute atomic E-state index is 10.9. The molecule has 1 atom stereocenters. The second-order valence-corrected chi connectivity index (χ2v) is 4.88. The van der Waals surface area contributed by atoms with Crippen molar-refractivity contribution in [1.82, 2.24) is 0 Å². The van der Waals surface area contributed by atoms with Gasteiger partial charge in [-0.25, -0.2) is 0 Å². The summed E-state index contributed by atoms with van der Waals surface area (Å²) >= 11 is 0. The molecule has 0 aliphatic heterocycles. The second-order valence-electron chi connectivity index (χ2n) is 4.88. The Bertz CT molecular complexity index is 471. The summed E-state index contributed by atoms with van der Waals surface area (Å²) in [5.74, 6) is -0.741. The zero-order chi connectivity index (χ0) is 13.1. The lowest BCUT2D eigenvalue weighted by atomic mass is 9.97. The van der Waals surface area contributed by atoms with Crippen LogP contribution < -0.4 is 0 Å². The zero-order valence-electron chi connectivity index (χ0n) is 10.5. The number of benzene rings is 1. The standard InChI is InChI=1S/C15H18O3/c1-10(15(17)18)12-7-5-11(6-8-12)9-13-3-2-4-14(13)16/h5-8,10,16H,2-4,9H2,1H3,(H,17,18). The molecule has 18 heavy (non-hydrogen) atoms. The number of hydrogen-bond donors (Lipinski definition) is 2. The fourth-order valence-corrected chi connectivity index (χ4v) is 2.29. The lowest BCUT2D eigenvalue weighted by Gasteiger charge is -2.08. The SMILES string of the molecule is CC(C(=O)O)c1ccc(CC2=C(O)CCC2)cc1. The number of carbonyl (C=O) groups is 1. The molecule has 1 unspecified atom stereocenters. The van der Waals surface area contributed by atoms with Crippen molar-refractivity contribution in [1.29, 1.82) is 0 Å². The summed E-state index contributed by atoms with van der Waals surface area (Å²) in [4.78, 5) is 10.9. The lowest BCUT2D eigenvalue weighted by Crippen LogP contribution is -2.07. The topological polar surface area (TPSA) is 57.5 Å². The molecule has 0 radical (unpaired) electrons. The number of allylic oxidation sites excluding steroid dienone is 2. The molecule has 0 heterocycles. The molecule has 0 aromatic heterocycles. The van der Waals surface area contributed by atoms with Gasteiger partial charge in [-0.3, -0.25) is 4.79 Å². The predicted molar refractivity (Wildman–Crippen MR) is 69.7 cm³/mol. The minimum Gasteiger partial charge on any atom is -0.512 e. The Balaban J connectivity index is 2.08. The van der Waals surface area contributed by atoms with Crippen LogP contribution in [0.3, 0.4) is 0 Å². The summed E-state index contributed by atoms with van der Waals surface area (Å²) in [7, 11) is 0. The third-order valence-electron chi connectivity index (χ3n) is 3.57. The van der Waals surface area contributed by atoms with E-state index in [0.717, 1.165) is 42.4 Å². The largest absolute Gasteiger partial charge is 0.512 e. The fourth-order valence-electron chi connectivity index (χ4n) is 2.29. The highest BCUT2D eigenvalue weighted by Gasteiger charge is 2.15. The van der Waals surface area contributed by atoms with Crippen molar-refractivity contribution in [3.05, 3.63) is 46.7 Å². The van der Waals surface area contributed by atoms with E-state index in [2.05, 4.69) is 0 Å². The molecule has 0 bridgehead atoms. The normalized spacial score (nSPS) is 16.9. The van der Waals surface area contributed by atoms with Crippen molar-refractivity contribution < 1.29 is 15.0 Å². The van der Waals surface area contributed by atoms with Crippen LogP contribution in [0.2, 0.25) is 0 Å². The van der Waals surface area contributed by atoms with E-state index in [1.165, 1.54) is 0 Å². The molecule has 3 nitrogen and oxygen atoms in total. The Hall–Kier alpha value is -1.77. The monoisotopic (exact) mass is 246 g/mol. The number of carboxylic acids is 1. The molecule has 1 aromatic carbocycles. The first-order chi connectivity index (χ1) is 8.58. The van der Waals surface area contributed by atoms with Crippen LogP contribution >= 0.6 is 0 Å². The summed E-state index contributed by atoms with van der Waals surface area (Å²) < 4.78 is 0. The average Bonchev–Trinajstić information content (AvgIpc) is 2.75. The van der Waals surface area contributed by atoms with Gasteiger partial charge in [-0.2, -0.15) is 0 Å². The minimum absolute atomic E-state index is 0.474. The van der Waals surface area contributed by atoms with E-state index in [1.807, 2.05) is 24.3 Å². The maximum Gasteiger partial charge on any atom is 0.310 e. The van der Waals surface area contributed by atoms with Gasteiger partial charge in [0.25, 0.3) is 0 Å². The fraction of sp³-hybridized carbons (Fsp3) is 0.400. The third kappa shape index (κ3) is 2.73. The summed E-state index contributed by atoms with van der Waals surface area (Å²) in [5.41, 5.74) is 3.06. The number of hydrogen-bond acceptors (Lipinski definition) is 2. The van der Waals surface area contributed by atoms with E-state index in [0.29, 0.717) is 5.76 Å². The van der Waals surface area contributed by atoms with Crippen molar-refractivity contribution in [2.24, 2.45) is 0 Å². The molecule has 96 valence electrons. The van der Waals surface area contributed by atoms with E-state index in [-0.39, 0.29) is 0 Å². The van der Waals surface area contributed by atoms with Gasteiger partial charge in [-0.05, 0) is 42.9 Å². The highest BCUT2D eigenvalue weighted by atomic mass is 16.4. The summed E-state index contributed by atoms with van der Waals surface area (Å²) in [6.07, 6.45) is 3.57. The number of aliphatic carboxylic acids is 1. The number of aliphatic hydroxyl groups is 1. The quantitative estimate of drug-likeness (QED) is 0.855. The van der Waals surface area contributed by atoms with E-state index in [1.54, 1.807) is 6.92 Å². The maximum atomic E-state index is 10.9. The lowest BCUT2D eigenvalue weighted by molar-refractivity contribution is -0.138. The molecule has 0 saturated carbocycles. The van der Waals surface area contributed by atoms with Gasteiger partial charge in [0.05, 0.1) is 11.7 Å². The van der Waals surface area contributed by atoms with Crippen molar-refractivity contribution in [2.75, 3.05) is 0 Å². The zero-order valence-corrected chi connectivity index (χ0v) is 10.5. The molecular formula is C15H18O3. The Morgan fingerprint density at radius 3 is 2.44 bits per heavy atom. The van der Waals surface area contributed by atoms with Gasteiger partial charge in [0, 0.05) is 6.42 Å². The summed E-state index contributed by atoms with van der Waals surface area (Å²) in [5, 5.41) is 18.6. The Labute approximate surface area is 107 Å². The van der Waals surface area contributed by atoms with Gasteiger partial charge >= 0.3 is 5.97 Å². The Morgan fingerprint density at radius 2 is 1.94 bits per heavy atom. The molecule has 1 aromatic rings. The summed E-state index contributed by atoms with van der Waals surface area (Å²) in [6.45, 7) is 1.68. The third-order valence-corrected chi connectivity index (χ3v) is 3.57. The van der Waals surface area contributed by atoms with Crippen LogP contribution in [0.25, 0.3) is 0 Å². The van der Waals surface area contributed by atoms with Crippen LogP contribution in [0.1, 0.15) is 43.2 Å². The summed E-state index contributed by atoms with van der Waals surface area (Å²) in [6, 6.07) is 7.63. The van der Waals surface area contributed by atoms with Crippen LogP contribution in [0, 0.1) is 0 Å². The first-order valence-corrected chi connectivity index (χ1v) is 6.29. The second kappa shape index (κ2) is 5.25. The molecule has 2 rings (SSSR count). The molecule has 0 amide bonds. The molecule has 0 spiro atoms. The smallest absolute Gasteiger partial charge is 0.310 e. The Morgan fingerprint density at radius 1 is 1.28 bits per heavy atom. The Kier molecular flexibility index (Phi) is 3.70. The molecule has 1 aliphatic rings. The van der Waals surface area contributed by atoms with Gasteiger partial charge in [0.1, 0.15) is 0 Å². The first-order valence-electron chi connectivity index (χ1n) is 6.29. The highest BCUT2D eigenvalue weighted by Crippen LogP contribution is 2.27. The van der Waals surface area contributed by atoms with Crippen molar-refractivity contribution in [2.45, 2.75) is 38.5 Å². The molecule has 1 aliphatic carbocycles. The highest BCUT2D eigenvalue weighted by molar-refractivity contribution is 5.75. The van der Waals surface area contributed by atoms with Crippen LogP contribution in [0.15, 0.2) is 35.6 Å². The molecular weight excluding hydrogens is 228 g/mol. The number of aliphatic hydroxyl groups excluding tert-OH is 1. The first kappa shape index (κ1) is 12.7. The van der Waals surface area contributed by atoms with Gasteiger partial charge in [0.15, 0.2) is 0 Å². The van der Waals surface area contributed by atoms with Crippen molar-refractivity contribution in [3.8, 4) is 0 Å². The average molecular weight is 246 g/mol. The van der Waals surface area contributed by atoms with Crippen LogP contribution in [-0.4, -0.2) is 16.2 Å². The van der Waals surface area contributed by atoms with Crippen LogP contribution in [0.4, 0.5) is 0 Å². The minimum atomic E-state index is -0.807. The molecule has 0 fully saturated rings. The molecule has 3 heteroatoms. The van der Waals surface area contributed by atoms with Gasteiger partial charge in [0.2, 0.25) is 0 Å². The van der Waals surface area contributed by atoms with E-state index >= 15 is 0 Å². The van der Waals surface area contributed by atoms with Crippen LogP contribution in [0.5, 0.6) is 0 Å². The van der Waals surface area contributed by atoms with Crippen LogP contribution in [-0.2, 0) is 11.2 Å². The predicted octanol–water partition coefficient (Wildman–Crippen LogP) is 3.41. The molecule has 2 N–H and O–H groups in total. The van der Waals surface area contributed by atoms with Crippen molar-refractivity contribution >= 4 is 5.97 Å². The van der Waals surface area contributed by atoms with Crippen molar-refractivity contribution in [3.63, 3.8) is 0 Å². The molecule has 0 saturated heterocycles. The van der Waals surface area contributed by atoms with Gasteiger partial charge in [-0.15, -0.1) is 0 Å². The van der Waals surface area contributed by atoms with Gasteiger partial charge in [-0.1, -0.05) is 24.3 Å². The van der Waals surface area contributed by atoms with E-state index in [9.17, 15) is 9.90 Å².